The van der Waals surface area contributed by atoms with Gasteiger partial charge >= 0.3 is 0 Å². The molecule has 1 aromatic carbocycles. The third-order valence-corrected chi connectivity index (χ3v) is 3.34. The summed E-state index contributed by atoms with van der Waals surface area (Å²) in [6.45, 7) is 4.07. The summed E-state index contributed by atoms with van der Waals surface area (Å²) in [6.07, 6.45) is 1.60. The average Bonchev–Trinajstić information content (AvgIpc) is 2.35. The number of hydrogen-bond acceptors (Lipinski definition) is 3. The smallest absolute Gasteiger partial charge is 0.126 e. The monoisotopic (exact) mass is 242 g/mol. The topological polar surface area (TPSA) is 59.1 Å². The minimum absolute atomic E-state index is 0.488. The van der Waals surface area contributed by atoms with Gasteiger partial charge in [0.05, 0.1) is 6.10 Å². The van der Waals surface area contributed by atoms with Crippen LogP contribution in [0.25, 0.3) is 0 Å². The molecule has 0 aliphatic rings. The van der Waals surface area contributed by atoms with E-state index in [2.05, 4.69) is 4.98 Å². The van der Waals surface area contributed by atoms with Gasteiger partial charge in [-0.05, 0) is 42.2 Å². The summed E-state index contributed by atoms with van der Waals surface area (Å²) in [5.41, 5.74) is 9.95. The number of nitrogens with two attached hydrogens (primary N) is 1. The lowest BCUT2D eigenvalue weighted by Gasteiger charge is -2.16. The molecule has 0 aliphatic carbocycles. The fourth-order valence-electron chi connectivity index (χ4n) is 2.08. The van der Waals surface area contributed by atoms with Crippen LogP contribution in [0.2, 0.25) is 0 Å². The van der Waals surface area contributed by atoms with E-state index >= 15 is 0 Å². The van der Waals surface area contributed by atoms with Crippen LogP contribution < -0.4 is 5.73 Å². The van der Waals surface area contributed by atoms with Crippen molar-refractivity contribution in [3.05, 3.63) is 58.8 Å². The van der Waals surface area contributed by atoms with Crippen molar-refractivity contribution in [2.24, 2.45) is 0 Å². The van der Waals surface area contributed by atoms with Crippen LogP contribution in [0.5, 0.6) is 0 Å². The maximum absolute atomic E-state index is 10.3. The molecule has 3 nitrogen and oxygen atoms in total. The SMILES string of the molecule is Cc1cccc(C(O)Cc2cccnc2N)c1C. The van der Waals surface area contributed by atoms with Crippen LogP contribution in [-0.2, 0) is 6.42 Å². The predicted octanol–water partition coefficient (Wildman–Crippen LogP) is 2.56. The highest BCUT2D eigenvalue weighted by Crippen LogP contribution is 2.24. The van der Waals surface area contributed by atoms with Crippen molar-refractivity contribution >= 4 is 5.82 Å². The zero-order valence-corrected chi connectivity index (χ0v) is 10.7. The number of aliphatic hydroxyl groups excluding tert-OH is 1. The standard InChI is InChI=1S/C15H18N2O/c1-10-5-3-7-13(11(10)2)14(18)9-12-6-4-8-17-15(12)16/h3-8,14,18H,9H2,1-2H3,(H2,16,17). The first-order valence-electron chi connectivity index (χ1n) is 6.03. The molecule has 94 valence electrons. The summed E-state index contributed by atoms with van der Waals surface area (Å²) in [5.74, 6) is 0.488. The molecule has 0 amide bonds. The molecule has 0 saturated heterocycles. The number of aliphatic hydroxyl groups is 1. The number of hydrogen-bond donors (Lipinski definition) is 2. The molecular weight excluding hydrogens is 224 g/mol. The summed E-state index contributed by atoms with van der Waals surface area (Å²) in [4.78, 5) is 4.03. The third-order valence-electron chi connectivity index (χ3n) is 3.34. The molecule has 0 radical (unpaired) electrons. The van der Waals surface area contributed by atoms with Gasteiger partial charge in [-0.1, -0.05) is 24.3 Å². The minimum atomic E-state index is -0.545. The van der Waals surface area contributed by atoms with Crippen LogP contribution in [0.15, 0.2) is 36.5 Å². The van der Waals surface area contributed by atoms with Gasteiger partial charge in [0.2, 0.25) is 0 Å². The second kappa shape index (κ2) is 5.19. The van der Waals surface area contributed by atoms with Crippen molar-refractivity contribution in [1.29, 1.82) is 0 Å². The van der Waals surface area contributed by atoms with Crippen LogP contribution in [0, 0.1) is 13.8 Å². The molecule has 0 fully saturated rings. The number of aryl methyl sites for hydroxylation is 1. The van der Waals surface area contributed by atoms with E-state index in [0.717, 1.165) is 16.7 Å². The number of aromatic nitrogens is 1. The molecule has 0 aliphatic heterocycles. The first-order chi connectivity index (χ1) is 8.59. The van der Waals surface area contributed by atoms with Gasteiger partial charge in [-0.15, -0.1) is 0 Å². The molecule has 1 atom stereocenters. The zero-order valence-electron chi connectivity index (χ0n) is 10.7. The van der Waals surface area contributed by atoms with Gasteiger partial charge < -0.3 is 10.8 Å². The summed E-state index contributed by atoms with van der Waals surface area (Å²) in [7, 11) is 0. The van der Waals surface area contributed by atoms with Gasteiger partial charge in [-0.2, -0.15) is 0 Å². The van der Waals surface area contributed by atoms with Gasteiger partial charge in [-0.3, -0.25) is 0 Å². The summed E-state index contributed by atoms with van der Waals surface area (Å²) in [6, 6.07) is 9.70. The predicted molar refractivity (Wildman–Crippen MR) is 73.2 cm³/mol. The van der Waals surface area contributed by atoms with E-state index in [4.69, 9.17) is 5.73 Å². The summed E-state index contributed by atoms with van der Waals surface area (Å²) >= 11 is 0. The van der Waals surface area contributed by atoms with E-state index in [1.165, 1.54) is 5.56 Å². The van der Waals surface area contributed by atoms with Gasteiger partial charge in [-0.25, -0.2) is 4.98 Å². The number of nitrogen functional groups attached to an aromatic ring is 1. The number of anilines is 1. The lowest BCUT2D eigenvalue weighted by molar-refractivity contribution is 0.177. The molecule has 0 spiro atoms. The molecule has 1 unspecified atom stereocenters. The Hall–Kier alpha value is -1.87. The first-order valence-corrected chi connectivity index (χ1v) is 6.03. The Morgan fingerprint density at radius 2 is 2.00 bits per heavy atom. The molecule has 1 aromatic heterocycles. The van der Waals surface area contributed by atoms with Gasteiger partial charge in [0.15, 0.2) is 0 Å². The Kier molecular flexibility index (Phi) is 3.63. The van der Waals surface area contributed by atoms with Crippen molar-refractivity contribution in [2.75, 3.05) is 5.73 Å². The van der Waals surface area contributed by atoms with Crippen LogP contribution in [0.1, 0.15) is 28.4 Å². The second-order valence-electron chi connectivity index (χ2n) is 4.56. The van der Waals surface area contributed by atoms with Crippen molar-refractivity contribution in [3.8, 4) is 0 Å². The molecule has 0 saturated carbocycles. The highest BCUT2D eigenvalue weighted by molar-refractivity contribution is 5.41. The third kappa shape index (κ3) is 2.51. The Labute approximate surface area is 107 Å². The van der Waals surface area contributed by atoms with Crippen LogP contribution in [-0.4, -0.2) is 10.1 Å². The molecule has 18 heavy (non-hydrogen) atoms. The lowest BCUT2D eigenvalue weighted by atomic mass is 9.95. The highest BCUT2D eigenvalue weighted by atomic mass is 16.3. The van der Waals surface area contributed by atoms with E-state index in [0.29, 0.717) is 12.2 Å². The van der Waals surface area contributed by atoms with E-state index in [9.17, 15) is 5.11 Å². The van der Waals surface area contributed by atoms with Crippen molar-refractivity contribution in [3.63, 3.8) is 0 Å². The normalized spacial score (nSPS) is 12.4. The Morgan fingerprint density at radius 1 is 1.22 bits per heavy atom. The number of benzene rings is 1. The first kappa shape index (κ1) is 12.6. The minimum Gasteiger partial charge on any atom is -0.388 e. The van der Waals surface area contributed by atoms with E-state index in [1.807, 2.05) is 44.2 Å². The van der Waals surface area contributed by atoms with Crippen LogP contribution in [0.4, 0.5) is 5.82 Å². The molecule has 3 heteroatoms. The lowest BCUT2D eigenvalue weighted by Crippen LogP contribution is -2.07. The Balaban J connectivity index is 2.25. The van der Waals surface area contributed by atoms with Crippen molar-refractivity contribution < 1.29 is 5.11 Å². The Bertz CT molecular complexity index is 552. The number of nitrogens with zero attached hydrogens (tertiary/aromatic N) is 1. The maximum atomic E-state index is 10.3. The van der Waals surface area contributed by atoms with Crippen molar-refractivity contribution in [2.45, 2.75) is 26.4 Å². The van der Waals surface area contributed by atoms with Gasteiger partial charge in [0.25, 0.3) is 0 Å². The fourth-order valence-corrected chi connectivity index (χ4v) is 2.08. The quantitative estimate of drug-likeness (QED) is 0.869. The van der Waals surface area contributed by atoms with E-state index in [-0.39, 0.29) is 0 Å². The number of pyridine rings is 1. The molecule has 0 bridgehead atoms. The fraction of sp³-hybridized carbons (Fsp3) is 0.267. The molecule has 1 heterocycles. The zero-order chi connectivity index (χ0) is 13.1. The highest BCUT2D eigenvalue weighted by Gasteiger charge is 2.13. The number of rotatable bonds is 3. The van der Waals surface area contributed by atoms with Crippen LogP contribution >= 0.6 is 0 Å². The van der Waals surface area contributed by atoms with Crippen LogP contribution in [0.3, 0.4) is 0 Å². The maximum Gasteiger partial charge on any atom is 0.126 e. The largest absolute Gasteiger partial charge is 0.388 e. The average molecular weight is 242 g/mol. The molecular formula is C15H18N2O. The molecule has 2 rings (SSSR count). The molecule has 3 N–H and O–H groups in total. The van der Waals surface area contributed by atoms with E-state index in [1.54, 1.807) is 6.20 Å². The van der Waals surface area contributed by atoms with E-state index < -0.39 is 6.10 Å². The summed E-state index contributed by atoms with van der Waals surface area (Å²) in [5, 5.41) is 10.3. The van der Waals surface area contributed by atoms with Crippen molar-refractivity contribution in [1.82, 2.24) is 4.98 Å². The Morgan fingerprint density at radius 3 is 2.72 bits per heavy atom. The van der Waals surface area contributed by atoms with Gasteiger partial charge in [0.1, 0.15) is 5.82 Å². The van der Waals surface area contributed by atoms with Gasteiger partial charge in [0, 0.05) is 12.6 Å². The summed E-state index contributed by atoms with van der Waals surface area (Å²) < 4.78 is 0. The molecule has 2 aromatic rings. The second-order valence-corrected chi connectivity index (χ2v) is 4.56.